The van der Waals surface area contributed by atoms with Gasteiger partial charge in [-0.2, -0.15) is 0 Å². The van der Waals surface area contributed by atoms with E-state index in [9.17, 15) is 9.90 Å². The van der Waals surface area contributed by atoms with E-state index in [-0.39, 0.29) is 35.6 Å². The number of esters is 1. The molecule has 0 radical (unpaired) electrons. The number of carbonyl (C=O) groups excluding carboxylic acids is 1. The maximum atomic E-state index is 13.2. The largest absolute Gasteiger partial charge is 0.457 e. The van der Waals surface area contributed by atoms with E-state index >= 15 is 0 Å². The zero-order valence-corrected chi connectivity index (χ0v) is 28.9. The van der Waals surface area contributed by atoms with Crippen molar-refractivity contribution in [2.75, 3.05) is 0 Å². The average Bonchev–Trinajstić information content (AvgIpc) is 2.80. The molecule has 210 valence electrons. The fraction of sp³-hybridized carbons (Fsp3) is 0.821. The van der Waals surface area contributed by atoms with Crippen molar-refractivity contribution in [2.24, 2.45) is 5.92 Å². The van der Waals surface area contributed by atoms with Gasteiger partial charge in [-0.1, -0.05) is 83.2 Å². The van der Waals surface area contributed by atoms with Crippen molar-refractivity contribution >= 4 is 45.2 Å². The summed E-state index contributed by atoms with van der Waals surface area (Å²) in [7, 11) is -4.13. The second-order valence-electron chi connectivity index (χ2n) is 12.4. The molecule has 0 saturated heterocycles. The van der Waals surface area contributed by atoms with Crippen LogP contribution < -0.4 is 0 Å². The Labute approximate surface area is 237 Å². The molecule has 0 spiro atoms. The highest BCUT2D eigenvalue weighted by molar-refractivity contribution is 14.1. The number of hydrogen-bond acceptors (Lipinski definition) is 5. The maximum absolute atomic E-state index is 13.2. The summed E-state index contributed by atoms with van der Waals surface area (Å²) in [4.78, 5) is 13.2. The molecule has 0 unspecified atom stereocenters. The Kier molecular flexibility index (Phi) is 13.1. The summed E-state index contributed by atoms with van der Waals surface area (Å²) in [6, 6.07) is 3.04. The van der Waals surface area contributed by atoms with Crippen LogP contribution in [0, 0.1) is 5.92 Å². The molecule has 1 aliphatic rings. The number of ether oxygens (including phenoxy) is 1. The standard InChI is InChI=1S/C28H53IO5Si2/c1-12-36(13-2,14-3)34-28(9)18-17-23(33-35(10,11)27(6,7)8)19-25(31)32-26(22(5)20-29)21(4)15-16-24(28)30/h15-16,20-21,23-24,26,30H,12-14,17-19H2,1-11H3/b16-15+,22-20+/t21-,23+,24-,26-,28-/m0/s1. The van der Waals surface area contributed by atoms with Crippen molar-refractivity contribution in [3.63, 3.8) is 0 Å². The highest BCUT2D eigenvalue weighted by Gasteiger charge is 2.44. The van der Waals surface area contributed by atoms with Crippen LogP contribution in [0.15, 0.2) is 21.8 Å². The first-order valence-corrected chi connectivity index (χ1v) is 20.4. The Hall–Kier alpha value is -0.00623. The molecule has 1 N–H and O–H groups in total. The predicted octanol–water partition coefficient (Wildman–Crippen LogP) is 8.15. The summed E-state index contributed by atoms with van der Waals surface area (Å²) >= 11 is 2.19. The minimum absolute atomic E-state index is 0.0228. The topological polar surface area (TPSA) is 65.0 Å². The van der Waals surface area contributed by atoms with Gasteiger partial charge in [0.25, 0.3) is 0 Å². The van der Waals surface area contributed by atoms with E-state index in [1.54, 1.807) is 0 Å². The van der Waals surface area contributed by atoms with E-state index in [4.69, 9.17) is 13.6 Å². The van der Waals surface area contributed by atoms with E-state index in [1.165, 1.54) is 0 Å². The number of halogens is 1. The number of rotatable bonds is 8. The lowest BCUT2D eigenvalue weighted by Crippen LogP contribution is -2.52. The third kappa shape index (κ3) is 9.04. The molecule has 1 rings (SSSR count). The monoisotopic (exact) mass is 652 g/mol. The van der Waals surface area contributed by atoms with Gasteiger partial charge in [-0.05, 0) is 72.6 Å². The Balaban J connectivity index is 3.53. The molecule has 8 heteroatoms. The Morgan fingerprint density at radius 1 is 1.22 bits per heavy atom. The van der Waals surface area contributed by atoms with E-state index < -0.39 is 28.3 Å². The number of cyclic esters (lactones) is 1. The van der Waals surface area contributed by atoms with E-state index in [2.05, 4.69) is 84.2 Å². The second-order valence-corrected chi connectivity index (χ2v) is 22.4. The Morgan fingerprint density at radius 3 is 2.25 bits per heavy atom. The molecule has 1 aliphatic heterocycles. The molecular formula is C28H53IO5Si2. The lowest BCUT2D eigenvalue weighted by molar-refractivity contribution is -0.151. The van der Waals surface area contributed by atoms with Crippen molar-refractivity contribution in [3.8, 4) is 0 Å². The average molecular weight is 653 g/mol. The Morgan fingerprint density at radius 2 is 1.78 bits per heavy atom. The molecule has 36 heavy (non-hydrogen) atoms. The minimum atomic E-state index is -2.13. The van der Waals surface area contributed by atoms with Gasteiger partial charge in [0, 0.05) is 5.92 Å². The SMILES string of the molecule is CC[Si](CC)(CC)O[C@@]1(C)CC[C@@H](O[Si](C)(C)C(C)(C)C)CC(=O)O[C@H](/C(C)=C/I)[C@@H](C)/C=C/[C@@H]1O. The molecule has 5 nitrogen and oxygen atoms in total. The molecule has 0 aromatic rings. The summed E-state index contributed by atoms with van der Waals surface area (Å²) in [5.41, 5.74) is 0.245. The molecule has 0 bridgehead atoms. The molecule has 0 aliphatic carbocycles. The van der Waals surface area contributed by atoms with E-state index in [0.29, 0.717) is 12.8 Å². The highest BCUT2D eigenvalue weighted by atomic mass is 127. The van der Waals surface area contributed by atoms with Gasteiger partial charge in [0.2, 0.25) is 0 Å². The van der Waals surface area contributed by atoms with E-state index in [0.717, 1.165) is 23.7 Å². The first kappa shape index (κ1) is 34.0. The zero-order chi connectivity index (χ0) is 27.9. The molecule has 1 heterocycles. The highest BCUT2D eigenvalue weighted by Crippen LogP contribution is 2.40. The van der Waals surface area contributed by atoms with Crippen molar-refractivity contribution in [1.82, 2.24) is 0 Å². The molecule has 0 amide bonds. The quantitative estimate of drug-likeness (QED) is 0.124. The smallest absolute Gasteiger partial charge is 0.308 e. The summed E-state index contributed by atoms with van der Waals surface area (Å²) in [5.74, 6) is -0.312. The van der Waals surface area contributed by atoms with Gasteiger partial charge in [0.15, 0.2) is 16.6 Å². The van der Waals surface area contributed by atoms with Gasteiger partial charge >= 0.3 is 5.97 Å². The van der Waals surface area contributed by atoms with Crippen molar-refractivity contribution in [1.29, 1.82) is 0 Å². The zero-order valence-electron chi connectivity index (χ0n) is 24.7. The Bertz CT molecular complexity index is 764. The van der Waals surface area contributed by atoms with Gasteiger partial charge in [-0.3, -0.25) is 4.79 Å². The van der Waals surface area contributed by atoms with Crippen LogP contribution in [0.3, 0.4) is 0 Å². The summed E-state index contributed by atoms with van der Waals surface area (Å²) in [6.45, 7) is 23.8. The fourth-order valence-corrected chi connectivity index (χ4v) is 9.49. The first-order valence-electron chi connectivity index (χ1n) is 13.7. The van der Waals surface area contributed by atoms with Gasteiger partial charge in [-0.25, -0.2) is 0 Å². The van der Waals surface area contributed by atoms with Crippen LogP contribution in [0.5, 0.6) is 0 Å². The van der Waals surface area contributed by atoms with Crippen LogP contribution >= 0.6 is 22.6 Å². The van der Waals surface area contributed by atoms with Crippen LogP contribution in [0.25, 0.3) is 0 Å². The van der Waals surface area contributed by atoms with Crippen LogP contribution in [0.1, 0.15) is 81.6 Å². The number of aliphatic hydroxyl groups excluding tert-OH is 1. The van der Waals surface area contributed by atoms with Gasteiger partial charge in [0.05, 0.1) is 24.2 Å². The normalized spacial score (nSPS) is 30.8. The second kappa shape index (κ2) is 13.9. The van der Waals surface area contributed by atoms with E-state index in [1.807, 2.05) is 30.1 Å². The molecular weight excluding hydrogens is 599 g/mol. The van der Waals surface area contributed by atoms with Crippen LogP contribution in [-0.2, 0) is 18.4 Å². The third-order valence-electron chi connectivity index (χ3n) is 8.59. The summed E-state index contributed by atoms with van der Waals surface area (Å²) < 4.78 is 21.7. The van der Waals surface area contributed by atoms with Crippen LogP contribution in [-0.4, -0.2) is 51.6 Å². The van der Waals surface area contributed by atoms with Crippen molar-refractivity contribution in [3.05, 3.63) is 21.8 Å². The molecule has 0 aromatic heterocycles. The summed E-state index contributed by atoms with van der Waals surface area (Å²) in [6.07, 6.45) is 3.87. The van der Waals surface area contributed by atoms with Crippen LogP contribution in [0.2, 0.25) is 36.3 Å². The molecule has 0 saturated carbocycles. The summed E-state index contributed by atoms with van der Waals surface area (Å²) in [5, 5.41) is 11.5. The molecule has 5 atom stereocenters. The molecule has 0 fully saturated rings. The lowest BCUT2D eigenvalue weighted by Gasteiger charge is -2.44. The molecule has 0 aromatic carbocycles. The van der Waals surface area contributed by atoms with Gasteiger partial charge < -0.3 is 18.7 Å². The van der Waals surface area contributed by atoms with Crippen LogP contribution in [0.4, 0.5) is 0 Å². The first-order chi connectivity index (χ1) is 16.5. The third-order valence-corrected chi connectivity index (χ3v) is 18.9. The lowest BCUT2D eigenvalue weighted by atomic mass is 9.89. The van der Waals surface area contributed by atoms with Gasteiger partial charge in [0.1, 0.15) is 6.10 Å². The number of aliphatic hydroxyl groups is 1. The fourth-order valence-electron chi connectivity index (χ4n) is 4.60. The van der Waals surface area contributed by atoms with Crippen molar-refractivity contribution < 1.29 is 23.5 Å². The number of carbonyl (C=O) groups is 1. The van der Waals surface area contributed by atoms with Gasteiger partial charge in [-0.15, -0.1) is 0 Å². The van der Waals surface area contributed by atoms with Crippen molar-refractivity contribution in [2.45, 2.75) is 142 Å². The maximum Gasteiger partial charge on any atom is 0.308 e. The number of hydrogen-bond donors (Lipinski definition) is 1. The predicted molar refractivity (Wildman–Crippen MR) is 165 cm³/mol. The minimum Gasteiger partial charge on any atom is -0.457 e.